The normalized spacial score (nSPS) is 21.9. The average molecular weight is 415 g/mol. The van der Waals surface area contributed by atoms with Crippen molar-refractivity contribution in [2.75, 3.05) is 20.3 Å². The van der Waals surface area contributed by atoms with Crippen molar-refractivity contribution in [2.24, 2.45) is 0 Å². The van der Waals surface area contributed by atoms with Gasteiger partial charge in [-0.25, -0.2) is 0 Å². The third-order valence-electron chi connectivity index (χ3n) is 6.62. The molecular weight excluding hydrogens is 384 g/mol. The summed E-state index contributed by atoms with van der Waals surface area (Å²) in [5, 5.41) is 0. The predicted octanol–water partition coefficient (Wildman–Crippen LogP) is 6.11. The van der Waals surface area contributed by atoms with Crippen molar-refractivity contribution >= 4 is 0 Å². The van der Waals surface area contributed by atoms with Crippen LogP contribution >= 0.6 is 0 Å². The van der Waals surface area contributed by atoms with E-state index in [1.165, 1.54) is 22.3 Å². The van der Waals surface area contributed by atoms with Crippen molar-refractivity contribution < 1.29 is 14.2 Å². The molecule has 0 amide bonds. The van der Waals surface area contributed by atoms with Gasteiger partial charge in [0, 0.05) is 5.92 Å². The molecule has 1 unspecified atom stereocenters. The summed E-state index contributed by atoms with van der Waals surface area (Å²) in [4.78, 5) is 0. The van der Waals surface area contributed by atoms with Crippen LogP contribution in [0.4, 0.5) is 0 Å². The van der Waals surface area contributed by atoms with Crippen LogP contribution in [0, 0.1) is 0 Å². The van der Waals surface area contributed by atoms with Crippen LogP contribution in [0.15, 0.2) is 72.8 Å². The number of ether oxygens (including phenoxy) is 3. The fraction of sp³-hybridized carbons (Fsp3) is 0.357. The second kappa shape index (κ2) is 9.15. The number of methoxy groups -OCH3 is 1. The number of benzene rings is 3. The average Bonchev–Trinajstić information content (AvgIpc) is 3.66. The number of aryl methyl sites for hydroxylation is 1. The Kier molecular flexibility index (Phi) is 5.95. The number of rotatable bonds is 8. The Labute approximate surface area is 185 Å². The van der Waals surface area contributed by atoms with E-state index in [0.717, 1.165) is 50.4 Å². The Morgan fingerprint density at radius 1 is 0.903 bits per heavy atom. The predicted molar refractivity (Wildman–Crippen MR) is 123 cm³/mol. The van der Waals surface area contributed by atoms with E-state index in [4.69, 9.17) is 14.2 Å². The molecule has 3 heteroatoms. The van der Waals surface area contributed by atoms with Gasteiger partial charge in [-0.15, -0.1) is 0 Å². The van der Waals surface area contributed by atoms with Crippen LogP contribution in [0.25, 0.3) is 0 Å². The highest BCUT2D eigenvalue weighted by molar-refractivity contribution is 5.48. The molecule has 0 aromatic heterocycles. The maximum atomic E-state index is 5.97. The Bertz CT molecular complexity index is 993. The standard InChI is InChI=1S/C28H30O3/c1-29-24-14-16-27-22(18-24)11-15-26(20-6-3-2-4-7-20)28(27)21-9-12-23(13-10-21)30-17-5-8-25-19-31-25/h2-4,6-7,9-10,12-14,16,18,25-26,28H,5,8,11,15,17,19H2,1H3/t25?,26-,28+/m1/s1. The quantitative estimate of drug-likeness (QED) is 0.329. The van der Waals surface area contributed by atoms with Gasteiger partial charge in [-0.2, -0.15) is 0 Å². The number of fused-ring (bicyclic) bond motifs is 1. The fourth-order valence-electron chi connectivity index (χ4n) is 4.90. The second-order valence-corrected chi connectivity index (χ2v) is 8.61. The van der Waals surface area contributed by atoms with Crippen LogP contribution < -0.4 is 9.47 Å². The lowest BCUT2D eigenvalue weighted by molar-refractivity contribution is 0.293. The molecule has 1 aliphatic carbocycles. The SMILES string of the molecule is COc1ccc2c(c1)CC[C@H](c1ccccc1)[C@@H]2c1ccc(OCCCC2CO2)cc1. The maximum Gasteiger partial charge on any atom is 0.119 e. The first-order valence-electron chi connectivity index (χ1n) is 11.4. The number of epoxide rings is 1. The molecule has 3 aromatic carbocycles. The first-order valence-corrected chi connectivity index (χ1v) is 11.4. The maximum absolute atomic E-state index is 5.97. The molecule has 1 heterocycles. The van der Waals surface area contributed by atoms with Gasteiger partial charge in [-0.05, 0) is 78.1 Å². The molecule has 3 aromatic rings. The number of hydrogen-bond donors (Lipinski definition) is 0. The highest BCUT2D eigenvalue weighted by atomic mass is 16.6. The van der Waals surface area contributed by atoms with Crippen LogP contribution in [0.1, 0.15) is 53.4 Å². The largest absolute Gasteiger partial charge is 0.497 e. The topological polar surface area (TPSA) is 31.0 Å². The van der Waals surface area contributed by atoms with Crippen LogP contribution in [0.2, 0.25) is 0 Å². The summed E-state index contributed by atoms with van der Waals surface area (Å²) in [5.74, 6) is 2.68. The molecule has 0 N–H and O–H groups in total. The third-order valence-corrected chi connectivity index (χ3v) is 6.62. The summed E-state index contributed by atoms with van der Waals surface area (Å²) in [7, 11) is 1.74. The Hall–Kier alpha value is -2.78. The van der Waals surface area contributed by atoms with Gasteiger partial charge in [0.15, 0.2) is 0 Å². The minimum atomic E-state index is 0.332. The molecule has 2 aliphatic rings. The van der Waals surface area contributed by atoms with Crippen LogP contribution in [0.3, 0.4) is 0 Å². The van der Waals surface area contributed by atoms with E-state index in [2.05, 4.69) is 72.8 Å². The van der Waals surface area contributed by atoms with E-state index in [0.29, 0.717) is 17.9 Å². The van der Waals surface area contributed by atoms with Gasteiger partial charge in [0.1, 0.15) is 11.5 Å². The summed E-state index contributed by atoms with van der Waals surface area (Å²) in [6.45, 7) is 1.67. The summed E-state index contributed by atoms with van der Waals surface area (Å²) < 4.78 is 16.7. The van der Waals surface area contributed by atoms with Crippen molar-refractivity contribution in [3.63, 3.8) is 0 Å². The third kappa shape index (κ3) is 4.62. The highest BCUT2D eigenvalue weighted by Crippen LogP contribution is 2.47. The van der Waals surface area contributed by atoms with Crippen LogP contribution in [-0.4, -0.2) is 26.4 Å². The molecule has 1 saturated heterocycles. The van der Waals surface area contributed by atoms with Gasteiger partial charge >= 0.3 is 0 Å². The zero-order chi connectivity index (χ0) is 21.0. The summed E-state index contributed by atoms with van der Waals surface area (Å²) in [6, 6.07) is 26.3. The van der Waals surface area contributed by atoms with Crippen molar-refractivity contribution in [1.82, 2.24) is 0 Å². The molecule has 160 valence electrons. The first-order chi connectivity index (χ1) is 15.3. The summed E-state index contributed by atoms with van der Waals surface area (Å²) in [6.07, 6.45) is 4.83. The molecule has 5 rings (SSSR count). The van der Waals surface area contributed by atoms with E-state index in [-0.39, 0.29) is 0 Å². The molecule has 31 heavy (non-hydrogen) atoms. The molecule has 3 atom stereocenters. The molecule has 0 radical (unpaired) electrons. The molecule has 1 fully saturated rings. The molecule has 3 nitrogen and oxygen atoms in total. The van der Waals surface area contributed by atoms with Crippen molar-refractivity contribution in [3.05, 3.63) is 95.1 Å². The molecule has 0 saturated carbocycles. The van der Waals surface area contributed by atoms with Crippen molar-refractivity contribution in [3.8, 4) is 11.5 Å². The van der Waals surface area contributed by atoms with Gasteiger partial charge in [0.05, 0.1) is 26.4 Å². The van der Waals surface area contributed by atoms with E-state index in [9.17, 15) is 0 Å². The van der Waals surface area contributed by atoms with Gasteiger partial charge in [0.25, 0.3) is 0 Å². The van der Waals surface area contributed by atoms with Gasteiger partial charge < -0.3 is 14.2 Å². The first kappa shape index (κ1) is 20.1. The lowest BCUT2D eigenvalue weighted by Gasteiger charge is -2.35. The zero-order valence-electron chi connectivity index (χ0n) is 18.1. The highest BCUT2D eigenvalue weighted by Gasteiger charge is 2.32. The summed E-state index contributed by atoms with van der Waals surface area (Å²) >= 11 is 0. The monoisotopic (exact) mass is 414 g/mol. The van der Waals surface area contributed by atoms with E-state index in [1.54, 1.807) is 7.11 Å². The van der Waals surface area contributed by atoms with Gasteiger partial charge in [-0.1, -0.05) is 48.5 Å². The minimum absolute atomic E-state index is 0.332. The van der Waals surface area contributed by atoms with Crippen molar-refractivity contribution in [2.45, 2.75) is 43.6 Å². The Balaban J connectivity index is 1.40. The second-order valence-electron chi connectivity index (χ2n) is 8.61. The lowest BCUT2D eigenvalue weighted by atomic mass is 9.69. The van der Waals surface area contributed by atoms with Gasteiger partial charge in [-0.3, -0.25) is 0 Å². The van der Waals surface area contributed by atoms with Crippen LogP contribution in [-0.2, 0) is 11.2 Å². The molecule has 1 aliphatic heterocycles. The van der Waals surface area contributed by atoms with E-state index < -0.39 is 0 Å². The van der Waals surface area contributed by atoms with E-state index >= 15 is 0 Å². The number of hydrogen-bond acceptors (Lipinski definition) is 3. The van der Waals surface area contributed by atoms with Gasteiger partial charge in [0.2, 0.25) is 0 Å². The van der Waals surface area contributed by atoms with E-state index in [1.807, 2.05) is 0 Å². The van der Waals surface area contributed by atoms with Crippen molar-refractivity contribution in [1.29, 1.82) is 0 Å². The fourth-order valence-corrected chi connectivity index (χ4v) is 4.90. The Morgan fingerprint density at radius 2 is 1.68 bits per heavy atom. The minimum Gasteiger partial charge on any atom is -0.497 e. The summed E-state index contributed by atoms with van der Waals surface area (Å²) in [5.41, 5.74) is 5.58. The molecule has 0 spiro atoms. The Morgan fingerprint density at radius 3 is 2.42 bits per heavy atom. The lowest BCUT2D eigenvalue weighted by Crippen LogP contribution is -2.20. The molecule has 0 bridgehead atoms. The van der Waals surface area contributed by atoms with Crippen LogP contribution in [0.5, 0.6) is 11.5 Å². The zero-order valence-corrected chi connectivity index (χ0v) is 18.1. The molecular formula is C28H30O3. The smallest absolute Gasteiger partial charge is 0.119 e.